The van der Waals surface area contributed by atoms with E-state index in [0.29, 0.717) is 34.9 Å². The molecule has 0 saturated heterocycles. The minimum absolute atomic E-state index is 0.00192. The van der Waals surface area contributed by atoms with Gasteiger partial charge in [0.05, 0.1) is 39.0 Å². The molecule has 0 bridgehead atoms. The molecule has 0 unspecified atom stereocenters. The largest absolute Gasteiger partial charge is 0.504 e. The first-order valence-corrected chi connectivity index (χ1v) is 11.5. The number of benzene rings is 3. The molecule has 0 heterocycles. The number of hydrogen-bond donors (Lipinski definition) is 2. The van der Waals surface area contributed by atoms with Crippen LogP contribution in [0.2, 0.25) is 0 Å². The monoisotopic (exact) mass is 507 g/mol. The summed E-state index contributed by atoms with van der Waals surface area (Å²) < 4.78 is 75.9. The highest BCUT2D eigenvalue weighted by Gasteiger charge is 2.20. The van der Waals surface area contributed by atoms with Gasteiger partial charge in [-0.15, -0.1) is 0 Å². The first-order chi connectivity index (χ1) is 16.6. The Kier molecular flexibility index (Phi) is 7.70. The summed E-state index contributed by atoms with van der Waals surface area (Å²) in [4.78, 5) is -0.483. The van der Waals surface area contributed by atoms with E-state index in [-0.39, 0.29) is 22.7 Å². The number of anilines is 1. The minimum Gasteiger partial charge on any atom is -0.504 e. The zero-order chi connectivity index (χ0) is 25.8. The number of phenolic OH excluding ortho intramolecular Hbond substituents is 1. The molecule has 0 aliphatic carbocycles. The Morgan fingerprint density at radius 1 is 0.800 bits per heavy atom. The standard InChI is InChI=1S/C24H23F2NO7S/c1-31-21-13-19(27-35(29,30)16-7-8-17(25)18(26)12-16)15(11-20(21)28)6-5-14-9-22(32-2)24(34-4)23(10-14)33-3/h5-13,27-28H,1-4H3/b6-5-. The van der Waals surface area contributed by atoms with Gasteiger partial charge in [-0.3, -0.25) is 4.72 Å². The molecule has 0 fully saturated rings. The summed E-state index contributed by atoms with van der Waals surface area (Å²) in [7, 11) is 1.40. The highest BCUT2D eigenvalue weighted by atomic mass is 32.2. The van der Waals surface area contributed by atoms with E-state index < -0.39 is 26.6 Å². The van der Waals surface area contributed by atoms with E-state index >= 15 is 0 Å². The molecule has 0 aliphatic rings. The third kappa shape index (κ3) is 5.57. The van der Waals surface area contributed by atoms with Crippen LogP contribution in [0.25, 0.3) is 12.2 Å². The van der Waals surface area contributed by atoms with Crippen molar-refractivity contribution in [2.24, 2.45) is 0 Å². The van der Waals surface area contributed by atoms with Crippen molar-refractivity contribution in [1.82, 2.24) is 0 Å². The molecular formula is C24H23F2NO7S. The fraction of sp³-hybridized carbons (Fsp3) is 0.167. The summed E-state index contributed by atoms with van der Waals surface area (Å²) in [6.07, 6.45) is 3.16. The van der Waals surface area contributed by atoms with Gasteiger partial charge < -0.3 is 24.1 Å². The van der Waals surface area contributed by atoms with Gasteiger partial charge in [-0.05, 0) is 42.0 Å². The van der Waals surface area contributed by atoms with Crippen LogP contribution >= 0.6 is 0 Å². The van der Waals surface area contributed by atoms with Crippen molar-refractivity contribution in [3.8, 4) is 28.7 Å². The summed E-state index contributed by atoms with van der Waals surface area (Å²) >= 11 is 0. The first kappa shape index (κ1) is 25.6. The number of ether oxygens (including phenoxy) is 4. The Hall–Kier alpha value is -3.99. The second-order valence-electron chi connectivity index (χ2n) is 7.08. The summed E-state index contributed by atoms with van der Waals surface area (Å²) in [5.41, 5.74) is 0.889. The molecule has 0 aliphatic heterocycles. The number of rotatable bonds is 9. The summed E-state index contributed by atoms with van der Waals surface area (Å²) in [5.74, 6) is -1.52. The second-order valence-corrected chi connectivity index (χ2v) is 8.77. The van der Waals surface area contributed by atoms with E-state index in [2.05, 4.69) is 4.72 Å². The maximum atomic E-state index is 13.6. The molecule has 8 nitrogen and oxygen atoms in total. The molecule has 11 heteroatoms. The lowest BCUT2D eigenvalue weighted by molar-refractivity contribution is 0.324. The number of sulfonamides is 1. The first-order valence-electron chi connectivity index (χ1n) is 10.0. The molecule has 3 rings (SSSR count). The van der Waals surface area contributed by atoms with E-state index in [1.54, 1.807) is 18.2 Å². The van der Waals surface area contributed by atoms with Crippen LogP contribution in [0.4, 0.5) is 14.5 Å². The summed E-state index contributed by atoms with van der Waals surface area (Å²) in [5, 5.41) is 10.2. The average Bonchev–Trinajstić information content (AvgIpc) is 2.84. The van der Waals surface area contributed by atoms with Crippen LogP contribution in [0, 0.1) is 11.6 Å². The van der Waals surface area contributed by atoms with Crippen LogP contribution in [0.5, 0.6) is 28.7 Å². The lowest BCUT2D eigenvalue weighted by Gasteiger charge is -2.14. The van der Waals surface area contributed by atoms with Crippen LogP contribution in [-0.2, 0) is 10.0 Å². The second kappa shape index (κ2) is 10.5. The summed E-state index contributed by atoms with van der Waals surface area (Å²) in [6.45, 7) is 0. The van der Waals surface area contributed by atoms with E-state index in [1.165, 1.54) is 46.6 Å². The molecular weight excluding hydrogens is 484 g/mol. The van der Waals surface area contributed by atoms with Crippen LogP contribution in [0.15, 0.2) is 47.4 Å². The average molecular weight is 508 g/mol. The zero-order valence-corrected chi connectivity index (χ0v) is 20.1. The zero-order valence-electron chi connectivity index (χ0n) is 19.3. The van der Waals surface area contributed by atoms with Gasteiger partial charge in [0.25, 0.3) is 10.0 Å². The van der Waals surface area contributed by atoms with Crippen molar-refractivity contribution < 1.29 is 41.3 Å². The molecule has 0 saturated carbocycles. The molecule has 3 aromatic rings. The number of phenols is 1. The van der Waals surface area contributed by atoms with Gasteiger partial charge in [-0.1, -0.05) is 12.2 Å². The van der Waals surface area contributed by atoms with Crippen molar-refractivity contribution in [2.45, 2.75) is 4.90 Å². The van der Waals surface area contributed by atoms with Gasteiger partial charge in [-0.25, -0.2) is 17.2 Å². The third-order valence-corrected chi connectivity index (χ3v) is 6.30. The fourth-order valence-corrected chi connectivity index (χ4v) is 4.30. The SMILES string of the molecule is COc1cc(NS(=O)(=O)c2ccc(F)c(F)c2)c(/C=C\c2cc(OC)c(OC)c(OC)c2)cc1O. The lowest BCUT2D eigenvalue weighted by atomic mass is 10.1. The summed E-state index contributed by atoms with van der Waals surface area (Å²) in [6, 6.07) is 8.12. The minimum atomic E-state index is -4.31. The van der Waals surface area contributed by atoms with Gasteiger partial charge in [0, 0.05) is 11.6 Å². The van der Waals surface area contributed by atoms with Gasteiger partial charge in [-0.2, -0.15) is 0 Å². The maximum absolute atomic E-state index is 13.6. The number of halogens is 2. The van der Waals surface area contributed by atoms with Crippen LogP contribution < -0.4 is 23.7 Å². The van der Waals surface area contributed by atoms with Gasteiger partial charge in [0.2, 0.25) is 5.75 Å². The van der Waals surface area contributed by atoms with Gasteiger partial charge in [0.1, 0.15) is 0 Å². The molecule has 0 atom stereocenters. The smallest absolute Gasteiger partial charge is 0.262 e. The van der Waals surface area contributed by atoms with E-state index in [9.17, 15) is 22.3 Å². The number of nitrogens with one attached hydrogen (secondary N) is 1. The third-order valence-electron chi connectivity index (χ3n) is 4.94. The van der Waals surface area contributed by atoms with E-state index in [0.717, 1.165) is 6.07 Å². The molecule has 0 radical (unpaired) electrons. The molecule has 35 heavy (non-hydrogen) atoms. The van der Waals surface area contributed by atoms with Crippen molar-refractivity contribution >= 4 is 27.9 Å². The van der Waals surface area contributed by atoms with E-state index in [4.69, 9.17) is 18.9 Å². The van der Waals surface area contributed by atoms with Gasteiger partial charge in [0.15, 0.2) is 34.6 Å². The normalized spacial score (nSPS) is 11.4. The Labute approximate surface area is 201 Å². The quantitative estimate of drug-likeness (QED) is 0.320. The molecule has 0 amide bonds. The Balaban J connectivity index is 2.06. The number of hydrogen-bond acceptors (Lipinski definition) is 7. The molecule has 0 spiro atoms. The predicted molar refractivity (Wildman–Crippen MR) is 127 cm³/mol. The van der Waals surface area contributed by atoms with Crippen molar-refractivity contribution in [3.05, 3.63) is 65.2 Å². The van der Waals surface area contributed by atoms with E-state index in [1.807, 2.05) is 0 Å². The number of methoxy groups -OCH3 is 4. The van der Waals surface area contributed by atoms with Crippen LogP contribution in [-0.4, -0.2) is 42.0 Å². The van der Waals surface area contributed by atoms with Crippen LogP contribution in [0.1, 0.15) is 11.1 Å². The molecule has 3 aromatic carbocycles. The Morgan fingerprint density at radius 2 is 1.43 bits per heavy atom. The molecule has 2 N–H and O–H groups in total. The molecule has 0 aromatic heterocycles. The van der Waals surface area contributed by atoms with Crippen molar-refractivity contribution in [2.75, 3.05) is 33.2 Å². The number of aromatic hydroxyl groups is 1. The topological polar surface area (TPSA) is 103 Å². The molecule has 186 valence electrons. The fourth-order valence-electron chi connectivity index (χ4n) is 3.21. The lowest BCUT2D eigenvalue weighted by Crippen LogP contribution is -2.14. The maximum Gasteiger partial charge on any atom is 0.262 e. The van der Waals surface area contributed by atoms with Gasteiger partial charge >= 0.3 is 0 Å². The van der Waals surface area contributed by atoms with Crippen LogP contribution in [0.3, 0.4) is 0 Å². The highest BCUT2D eigenvalue weighted by Crippen LogP contribution is 2.39. The Morgan fingerprint density at radius 3 is 1.97 bits per heavy atom. The Bertz CT molecular complexity index is 1350. The highest BCUT2D eigenvalue weighted by molar-refractivity contribution is 7.92. The predicted octanol–water partition coefficient (Wildman–Crippen LogP) is 4.68. The van der Waals surface area contributed by atoms with Crippen molar-refractivity contribution in [3.63, 3.8) is 0 Å². The van der Waals surface area contributed by atoms with Crippen molar-refractivity contribution in [1.29, 1.82) is 0 Å².